The van der Waals surface area contributed by atoms with Crippen LogP contribution < -0.4 is 25.9 Å². The maximum Gasteiger partial charge on any atom is 0.352 e. The molecule has 4 aromatic rings. The highest BCUT2D eigenvalue weighted by molar-refractivity contribution is 8.00. The first-order chi connectivity index (χ1) is 20.8. The number of pyridine rings is 2. The van der Waals surface area contributed by atoms with Crippen molar-refractivity contribution in [2.75, 3.05) is 24.3 Å². The second kappa shape index (κ2) is 11.2. The number of nitrogens with one attached hydrogen (secondary N) is 1. The molecular weight excluding hydrogens is 570 g/mol. The Bertz CT molecular complexity index is 1870. The Morgan fingerprint density at radius 1 is 1.09 bits per heavy atom. The topological polar surface area (TPSA) is 168 Å². The Hall–Kier alpha value is -5.17. The van der Waals surface area contributed by atoms with E-state index in [1.165, 1.54) is 23.8 Å². The number of carboxylic acid groups (broad SMARTS) is 1. The Morgan fingerprint density at radius 2 is 1.84 bits per heavy atom. The molecule has 2 aliphatic heterocycles. The van der Waals surface area contributed by atoms with Crippen LogP contribution >= 0.6 is 11.8 Å². The zero-order chi connectivity index (χ0) is 30.2. The van der Waals surface area contributed by atoms with Crippen LogP contribution in [0.5, 0.6) is 0 Å². The van der Waals surface area contributed by atoms with Gasteiger partial charge in [0.2, 0.25) is 5.52 Å². The first-order valence-electron chi connectivity index (χ1n) is 13.4. The fraction of sp³-hybridized carbons (Fsp3) is 0.200. The molecule has 0 radical (unpaired) electrons. The van der Waals surface area contributed by atoms with Crippen LogP contribution in [-0.4, -0.2) is 57.8 Å². The number of aromatic nitrogens is 2. The molecule has 0 saturated carbocycles. The molecule has 1 fully saturated rings. The molecule has 0 bridgehead atoms. The highest BCUT2D eigenvalue weighted by Gasteiger charge is 2.54. The van der Waals surface area contributed by atoms with Crippen molar-refractivity contribution in [1.29, 1.82) is 0 Å². The molecule has 2 amide bonds. The summed E-state index contributed by atoms with van der Waals surface area (Å²) in [5.41, 5.74) is 15.0. The van der Waals surface area contributed by atoms with E-state index in [1.807, 2.05) is 65.4 Å². The van der Waals surface area contributed by atoms with Crippen molar-refractivity contribution >= 4 is 68.6 Å². The molecule has 43 heavy (non-hydrogen) atoms. The van der Waals surface area contributed by atoms with Gasteiger partial charge in [-0.15, -0.1) is 11.8 Å². The SMILES string of the molecule is CON=C(C[n+]1c(N)ccc2ccccc21)C(=O)NC1C(=O)N2C(C(=O)O)=C(C[n+]3cccc4ccc(N)cc43)CS[C@@H]12. The molecule has 4 heterocycles. The van der Waals surface area contributed by atoms with E-state index < -0.39 is 29.2 Å². The van der Waals surface area contributed by atoms with Gasteiger partial charge < -0.3 is 21.0 Å². The maximum absolute atomic E-state index is 13.4. The number of benzene rings is 2. The second-order valence-electron chi connectivity index (χ2n) is 10.2. The molecule has 2 aromatic carbocycles. The van der Waals surface area contributed by atoms with Crippen LogP contribution in [0.2, 0.25) is 0 Å². The summed E-state index contributed by atoms with van der Waals surface area (Å²) in [5, 5.41) is 18.1. The predicted molar refractivity (Wildman–Crippen MR) is 161 cm³/mol. The number of oxime groups is 1. The number of amides is 2. The maximum atomic E-state index is 13.4. The third kappa shape index (κ3) is 5.07. The number of nitrogens with two attached hydrogens (primary N) is 2. The zero-order valence-corrected chi connectivity index (χ0v) is 24.0. The Labute approximate surface area is 250 Å². The number of carbonyl (C=O) groups is 3. The number of nitrogens with zero attached hydrogens (tertiary/aromatic N) is 4. The molecule has 2 aromatic heterocycles. The van der Waals surface area contributed by atoms with Crippen LogP contribution in [0.4, 0.5) is 11.5 Å². The number of fused-ring (bicyclic) bond motifs is 3. The van der Waals surface area contributed by atoms with E-state index in [4.69, 9.17) is 16.3 Å². The van der Waals surface area contributed by atoms with Gasteiger partial charge in [-0.2, -0.15) is 4.57 Å². The molecular formula is C30H29N7O5S+2. The van der Waals surface area contributed by atoms with Gasteiger partial charge in [-0.3, -0.25) is 20.2 Å². The summed E-state index contributed by atoms with van der Waals surface area (Å²) < 4.78 is 3.64. The van der Waals surface area contributed by atoms with Gasteiger partial charge in [-0.25, -0.2) is 9.36 Å². The number of carboxylic acids is 1. The lowest BCUT2D eigenvalue weighted by molar-refractivity contribution is -0.663. The van der Waals surface area contributed by atoms with Gasteiger partial charge >= 0.3 is 5.97 Å². The van der Waals surface area contributed by atoms with Crippen molar-refractivity contribution in [2.24, 2.45) is 5.16 Å². The zero-order valence-electron chi connectivity index (χ0n) is 23.1. The molecule has 12 nitrogen and oxygen atoms in total. The summed E-state index contributed by atoms with van der Waals surface area (Å²) >= 11 is 1.39. The summed E-state index contributed by atoms with van der Waals surface area (Å²) in [6, 6.07) is 19.6. The van der Waals surface area contributed by atoms with Crippen molar-refractivity contribution in [3.05, 3.63) is 84.2 Å². The first-order valence-corrected chi connectivity index (χ1v) is 14.5. The lowest BCUT2D eigenvalue weighted by Gasteiger charge is -2.49. The predicted octanol–water partition coefficient (Wildman–Crippen LogP) is 1.17. The molecule has 2 atom stereocenters. The van der Waals surface area contributed by atoms with E-state index in [2.05, 4.69) is 10.5 Å². The second-order valence-corrected chi connectivity index (χ2v) is 11.3. The van der Waals surface area contributed by atoms with Gasteiger partial charge in [0.15, 0.2) is 18.5 Å². The minimum Gasteiger partial charge on any atom is -0.477 e. The Kier molecular flexibility index (Phi) is 7.32. The molecule has 6 rings (SSSR count). The quantitative estimate of drug-likeness (QED) is 0.0770. The van der Waals surface area contributed by atoms with Crippen LogP contribution in [0.1, 0.15) is 0 Å². The van der Waals surface area contributed by atoms with Gasteiger partial charge in [0.25, 0.3) is 17.6 Å². The van der Waals surface area contributed by atoms with Crippen molar-refractivity contribution in [1.82, 2.24) is 10.2 Å². The minimum absolute atomic E-state index is 0.00364. The van der Waals surface area contributed by atoms with Crippen molar-refractivity contribution < 1.29 is 33.5 Å². The Balaban J connectivity index is 1.23. The molecule has 13 heteroatoms. The number of nitrogen functional groups attached to an aromatic ring is 2. The number of hydrogen-bond donors (Lipinski definition) is 4. The summed E-state index contributed by atoms with van der Waals surface area (Å²) in [6.45, 7) is 0.254. The summed E-state index contributed by atoms with van der Waals surface area (Å²) in [7, 11) is 1.32. The van der Waals surface area contributed by atoms with Crippen LogP contribution in [-0.2, 0) is 32.3 Å². The van der Waals surface area contributed by atoms with E-state index in [0.29, 0.717) is 22.8 Å². The third-order valence-corrected chi connectivity index (χ3v) is 8.89. The average molecular weight is 600 g/mol. The molecule has 0 spiro atoms. The standard InChI is InChI=1S/C30H27N7O5S/c1-42-34-21(15-36-22-7-3-2-5-17(22)9-11-24(36)32)27(38)33-25-28(39)37-26(30(40)41)19(16-43-29(25)37)14-35-12-4-6-18-8-10-20(31)13-23(18)35/h2-13,25,29,31-32H,14-16H2,1H3,(H2,33,38,40,41)/p+2/t25?,29-/m0/s1. The molecule has 1 unspecified atom stereocenters. The molecule has 6 N–H and O–H groups in total. The number of anilines is 2. The van der Waals surface area contributed by atoms with E-state index in [9.17, 15) is 19.5 Å². The van der Waals surface area contributed by atoms with Crippen LogP contribution in [0.25, 0.3) is 21.8 Å². The molecule has 218 valence electrons. The minimum atomic E-state index is -1.21. The number of thioether (sulfide) groups is 1. The summed E-state index contributed by atoms with van der Waals surface area (Å²) in [6.07, 6.45) is 1.85. The van der Waals surface area contributed by atoms with E-state index in [0.717, 1.165) is 21.8 Å². The number of rotatable bonds is 8. The van der Waals surface area contributed by atoms with Gasteiger partial charge in [0, 0.05) is 46.0 Å². The van der Waals surface area contributed by atoms with E-state index in [-0.39, 0.29) is 24.5 Å². The molecule has 0 aliphatic carbocycles. The van der Waals surface area contributed by atoms with E-state index >= 15 is 0 Å². The van der Waals surface area contributed by atoms with Crippen LogP contribution in [0.3, 0.4) is 0 Å². The average Bonchev–Trinajstić information content (AvgIpc) is 3.00. The third-order valence-electron chi connectivity index (χ3n) is 7.55. The van der Waals surface area contributed by atoms with E-state index in [1.54, 1.807) is 16.7 Å². The number of aliphatic carboxylic acids is 1. The number of carbonyl (C=O) groups excluding carboxylic acids is 2. The number of para-hydroxylation sites is 1. The fourth-order valence-corrected chi connectivity index (χ4v) is 6.85. The fourth-order valence-electron chi connectivity index (χ4n) is 5.51. The van der Waals surface area contributed by atoms with Crippen molar-refractivity contribution in [2.45, 2.75) is 24.5 Å². The van der Waals surface area contributed by atoms with Gasteiger partial charge in [-0.1, -0.05) is 23.4 Å². The van der Waals surface area contributed by atoms with Crippen LogP contribution in [0, 0.1) is 0 Å². The van der Waals surface area contributed by atoms with Crippen molar-refractivity contribution in [3.8, 4) is 0 Å². The lowest BCUT2D eigenvalue weighted by Crippen LogP contribution is -2.71. The molecule has 1 saturated heterocycles. The highest BCUT2D eigenvalue weighted by atomic mass is 32.2. The van der Waals surface area contributed by atoms with Gasteiger partial charge in [0.05, 0.1) is 0 Å². The largest absolute Gasteiger partial charge is 0.477 e. The monoisotopic (exact) mass is 599 g/mol. The highest BCUT2D eigenvalue weighted by Crippen LogP contribution is 2.40. The normalized spacial score (nSPS) is 18.4. The lowest BCUT2D eigenvalue weighted by atomic mass is 10.0. The first kappa shape index (κ1) is 28.0. The Morgan fingerprint density at radius 3 is 2.63 bits per heavy atom. The number of hydrogen-bond acceptors (Lipinski definition) is 8. The van der Waals surface area contributed by atoms with Crippen LogP contribution in [0.15, 0.2) is 89.4 Å². The van der Waals surface area contributed by atoms with Gasteiger partial charge in [0.1, 0.15) is 36.3 Å². The molecule has 2 aliphatic rings. The van der Waals surface area contributed by atoms with Crippen molar-refractivity contribution in [3.63, 3.8) is 0 Å². The summed E-state index contributed by atoms with van der Waals surface area (Å²) in [5.74, 6) is -1.56. The smallest absolute Gasteiger partial charge is 0.352 e. The van der Waals surface area contributed by atoms with Gasteiger partial charge in [-0.05, 0) is 30.3 Å². The summed E-state index contributed by atoms with van der Waals surface area (Å²) in [4.78, 5) is 45.4. The number of β-lactam (4-membered cyclic amide) rings is 1.